The number of carbonyl (C=O) groups is 1. The second kappa shape index (κ2) is 5.22. The van der Waals surface area contributed by atoms with E-state index in [9.17, 15) is 4.79 Å². The lowest BCUT2D eigenvalue weighted by atomic mass is 10.1. The highest BCUT2D eigenvalue weighted by Gasteiger charge is 2.30. The average Bonchev–Trinajstić information content (AvgIpc) is 3.11. The molecule has 3 rings (SSSR count). The normalized spacial score (nSPS) is 22.3. The van der Waals surface area contributed by atoms with Gasteiger partial charge in [0.25, 0.3) is 0 Å². The Hall–Kier alpha value is -1.92. The molecule has 1 aliphatic rings. The fourth-order valence-corrected chi connectivity index (χ4v) is 2.54. The smallest absolute Gasteiger partial charge is 0.337 e. The number of nitrogens with zero attached hydrogens (tertiary/aromatic N) is 2. The van der Waals surface area contributed by atoms with Crippen molar-refractivity contribution in [2.75, 3.05) is 27.4 Å². The van der Waals surface area contributed by atoms with Gasteiger partial charge in [0.05, 0.1) is 49.3 Å². The summed E-state index contributed by atoms with van der Waals surface area (Å²) in [5, 5.41) is 0. The van der Waals surface area contributed by atoms with Crippen LogP contribution in [0.1, 0.15) is 16.4 Å². The van der Waals surface area contributed by atoms with Crippen LogP contribution < -0.4 is 0 Å². The quantitative estimate of drug-likeness (QED) is 0.793. The molecule has 0 aliphatic carbocycles. The van der Waals surface area contributed by atoms with Crippen molar-refractivity contribution in [1.29, 1.82) is 0 Å². The first-order valence-electron chi connectivity index (χ1n) is 6.40. The van der Waals surface area contributed by atoms with Gasteiger partial charge in [0.15, 0.2) is 0 Å². The van der Waals surface area contributed by atoms with Crippen molar-refractivity contribution < 1.29 is 19.0 Å². The Bertz CT molecular complexity index is 637. The van der Waals surface area contributed by atoms with Crippen LogP contribution in [0.2, 0.25) is 0 Å². The largest absolute Gasteiger partial charge is 0.465 e. The second-order valence-electron chi connectivity index (χ2n) is 4.73. The molecule has 106 valence electrons. The summed E-state index contributed by atoms with van der Waals surface area (Å²) in [6.07, 6.45) is 1.76. The van der Waals surface area contributed by atoms with Crippen LogP contribution in [0.25, 0.3) is 11.0 Å². The van der Waals surface area contributed by atoms with Crippen molar-refractivity contribution in [2.45, 2.75) is 12.1 Å². The predicted molar refractivity (Wildman–Crippen MR) is 71.7 cm³/mol. The number of aromatic nitrogens is 2. The van der Waals surface area contributed by atoms with E-state index in [1.807, 2.05) is 10.6 Å². The topological polar surface area (TPSA) is 62.6 Å². The van der Waals surface area contributed by atoms with Gasteiger partial charge in [0, 0.05) is 7.11 Å². The molecule has 1 aromatic heterocycles. The molecule has 1 fully saturated rings. The van der Waals surface area contributed by atoms with Gasteiger partial charge in [0.1, 0.15) is 6.10 Å². The molecule has 0 amide bonds. The number of hydrogen-bond acceptors (Lipinski definition) is 5. The maximum absolute atomic E-state index is 11.6. The van der Waals surface area contributed by atoms with Gasteiger partial charge in [-0.05, 0) is 18.2 Å². The minimum atomic E-state index is -0.356. The van der Waals surface area contributed by atoms with E-state index in [1.54, 1.807) is 25.6 Å². The van der Waals surface area contributed by atoms with E-state index < -0.39 is 0 Å². The van der Waals surface area contributed by atoms with Crippen molar-refractivity contribution in [3.8, 4) is 0 Å². The summed E-state index contributed by atoms with van der Waals surface area (Å²) >= 11 is 0. The van der Waals surface area contributed by atoms with Gasteiger partial charge in [0.2, 0.25) is 0 Å². The maximum atomic E-state index is 11.6. The summed E-state index contributed by atoms with van der Waals surface area (Å²) in [5.41, 5.74) is 2.22. The van der Waals surface area contributed by atoms with Gasteiger partial charge < -0.3 is 18.8 Å². The van der Waals surface area contributed by atoms with Crippen LogP contribution in [-0.4, -0.2) is 49.1 Å². The highest BCUT2D eigenvalue weighted by molar-refractivity contribution is 5.93. The molecular weight excluding hydrogens is 260 g/mol. The SMILES string of the molecule is COC(=O)c1ccc2ncn([C@@H]3COC[C@@H]3OC)c2c1. The number of fused-ring (bicyclic) bond motifs is 1. The van der Waals surface area contributed by atoms with E-state index in [1.165, 1.54) is 7.11 Å². The molecule has 20 heavy (non-hydrogen) atoms. The van der Waals surface area contributed by atoms with Crippen LogP contribution in [0.15, 0.2) is 24.5 Å². The first-order valence-corrected chi connectivity index (χ1v) is 6.40. The zero-order valence-corrected chi connectivity index (χ0v) is 11.4. The Kier molecular flexibility index (Phi) is 3.42. The molecule has 6 heteroatoms. The molecule has 1 saturated heterocycles. The fraction of sp³-hybridized carbons (Fsp3) is 0.429. The molecule has 0 saturated carbocycles. The van der Waals surface area contributed by atoms with Gasteiger partial charge >= 0.3 is 5.97 Å². The zero-order valence-electron chi connectivity index (χ0n) is 11.4. The number of imidazole rings is 1. The van der Waals surface area contributed by atoms with E-state index in [0.717, 1.165) is 11.0 Å². The highest BCUT2D eigenvalue weighted by atomic mass is 16.5. The van der Waals surface area contributed by atoms with Crippen LogP contribution in [0.3, 0.4) is 0 Å². The third-order valence-corrected chi connectivity index (χ3v) is 3.66. The monoisotopic (exact) mass is 276 g/mol. The molecule has 0 bridgehead atoms. The Morgan fingerprint density at radius 2 is 2.25 bits per heavy atom. The van der Waals surface area contributed by atoms with E-state index >= 15 is 0 Å². The van der Waals surface area contributed by atoms with Gasteiger partial charge in [-0.3, -0.25) is 0 Å². The minimum Gasteiger partial charge on any atom is -0.465 e. The number of rotatable bonds is 3. The second-order valence-corrected chi connectivity index (χ2v) is 4.73. The molecule has 2 aromatic rings. The maximum Gasteiger partial charge on any atom is 0.337 e. The number of methoxy groups -OCH3 is 2. The van der Waals surface area contributed by atoms with Crippen LogP contribution in [0.5, 0.6) is 0 Å². The lowest BCUT2D eigenvalue weighted by Crippen LogP contribution is -2.23. The third-order valence-electron chi connectivity index (χ3n) is 3.66. The lowest BCUT2D eigenvalue weighted by molar-refractivity contribution is 0.0601. The van der Waals surface area contributed by atoms with E-state index in [2.05, 4.69) is 4.98 Å². The Labute approximate surface area is 116 Å². The van der Waals surface area contributed by atoms with Gasteiger partial charge in [-0.15, -0.1) is 0 Å². The van der Waals surface area contributed by atoms with E-state index in [0.29, 0.717) is 18.8 Å². The van der Waals surface area contributed by atoms with Crippen LogP contribution in [0, 0.1) is 0 Å². The van der Waals surface area contributed by atoms with E-state index in [-0.39, 0.29) is 18.1 Å². The van der Waals surface area contributed by atoms with Crippen molar-refractivity contribution in [1.82, 2.24) is 9.55 Å². The molecular formula is C14H16N2O4. The number of benzene rings is 1. The summed E-state index contributed by atoms with van der Waals surface area (Å²) < 4.78 is 17.7. The summed E-state index contributed by atoms with van der Waals surface area (Å²) in [6, 6.07) is 5.39. The standard InChI is InChI=1S/C14H16N2O4/c1-18-13-7-20-6-12(13)16-8-15-10-4-3-9(5-11(10)16)14(17)19-2/h3-5,8,12-13H,6-7H2,1-2H3/t12-,13+/m1/s1. The first kappa shape index (κ1) is 13.1. The van der Waals surface area contributed by atoms with Gasteiger partial charge in [-0.25, -0.2) is 9.78 Å². The molecule has 0 N–H and O–H groups in total. The molecule has 2 atom stereocenters. The molecule has 1 aliphatic heterocycles. The summed E-state index contributed by atoms with van der Waals surface area (Å²) in [5.74, 6) is -0.356. The Morgan fingerprint density at radius 1 is 1.40 bits per heavy atom. The average molecular weight is 276 g/mol. The minimum absolute atomic E-state index is 0.00539. The number of esters is 1. The first-order chi connectivity index (χ1) is 9.74. The van der Waals surface area contributed by atoms with Gasteiger partial charge in [-0.1, -0.05) is 0 Å². The van der Waals surface area contributed by atoms with Crippen molar-refractivity contribution in [3.05, 3.63) is 30.1 Å². The van der Waals surface area contributed by atoms with Crippen LogP contribution in [-0.2, 0) is 14.2 Å². The van der Waals surface area contributed by atoms with Crippen molar-refractivity contribution >= 4 is 17.0 Å². The molecule has 0 unspecified atom stereocenters. The molecule has 6 nitrogen and oxygen atoms in total. The van der Waals surface area contributed by atoms with E-state index in [4.69, 9.17) is 14.2 Å². The zero-order chi connectivity index (χ0) is 14.1. The highest BCUT2D eigenvalue weighted by Crippen LogP contribution is 2.27. The third kappa shape index (κ3) is 2.07. The van der Waals surface area contributed by atoms with Gasteiger partial charge in [-0.2, -0.15) is 0 Å². The lowest BCUT2D eigenvalue weighted by Gasteiger charge is -2.18. The van der Waals surface area contributed by atoms with Crippen LogP contribution >= 0.6 is 0 Å². The number of carbonyl (C=O) groups excluding carboxylic acids is 1. The van der Waals surface area contributed by atoms with Crippen molar-refractivity contribution in [2.24, 2.45) is 0 Å². The fourth-order valence-electron chi connectivity index (χ4n) is 2.54. The molecule has 1 aromatic carbocycles. The Morgan fingerprint density at radius 3 is 3.00 bits per heavy atom. The van der Waals surface area contributed by atoms with Crippen LogP contribution in [0.4, 0.5) is 0 Å². The summed E-state index contributed by atoms with van der Waals surface area (Å²) in [7, 11) is 3.04. The number of hydrogen-bond donors (Lipinski definition) is 0. The van der Waals surface area contributed by atoms with Crippen molar-refractivity contribution in [3.63, 3.8) is 0 Å². The Balaban J connectivity index is 2.05. The molecule has 2 heterocycles. The molecule has 0 spiro atoms. The summed E-state index contributed by atoms with van der Waals surface area (Å²) in [4.78, 5) is 16.0. The number of ether oxygens (including phenoxy) is 3. The summed E-state index contributed by atoms with van der Waals surface area (Å²) in [6.45, 7) is 1.14. The molecule has 0 radical (unpaired) electrons. The predicted octanol–water partition coefficient (Wildman–Crippen LogP) is 1.41.